The molecule has 1 aliphatic rings. The summed E-state index contributed by atoms with van der Waals surface area (Å²) in [7, 11) is 1.63. The number of amidine groups is 1. The summed E-state index contributed by atoms with van der Waals surface area (Å²) in [5.41, 5.74) is 7.61. The minimum Gasteiger partial charge on any atom is -0.481 e. The molecule has 9 nitrogen and oxygen atoms in total. The summed E-state index contributed by atoms with van der Waals surface area (Å²) in [5.74, 6) is -1.47. The van der Waals surface area contributed by atoms with Gasteiger partial charge in [-0.2, -0.15) is 0 Å². The van der Waals surface area contributed by atoms with Gasteiger partial charge in [-0.25, -0.2) is 4.79 Å². The molecule has 2 aromatic rings. The van der Waals surface area contributed by atoms with Crippen molar-refractivity contribution >= 4 is 36.2 Å². The van der Waals surface area contributed by atoms with Crippen LogP contribution in [0.2, 0.25) is 0 Å². The smallest absolute Gasteiger partial charge is 0.410 e. The number of carboxylic acid groups (broad SMARTS) is 1. The molecule has 0 aliphatic carbocycles. The maximum Gasteiger partial charge on any atom is 0.410 e. The molecule has 2 amide bonds. The minimum atomic E-state index is -1.03. The normalized spacial score (nSPS) is 18.5. The van der Waals surface area contributed by atoms with Gasteiger partial charge in [-0.05, 0) is 11.1 Å². The largest absolute Gasteiger partial charge is 0.481 e. The molecule has 0 spiro atoms. The van der Waals surface area contributed by atoms with Crippen LogP contribution in [0.15, 0.2) is 54.6 Å². The number of hydrogen-bond acceptors (Lipinski definition) is 5. The van der Waals surface area contributed by atoms with Crippen molar-refractivity contribution in [1.82, 2.24) is 10.2 Å². The molecule has 33 heavy (non-hydrogen) atoms. The fraction of sp³-hybridized carbons (Fsp3) is 0.304. The first-order valence-corrected chi connectivity index (χ1v) is 10.2. The van der Waals surface area contributed by atoms with Crippen molar-refractivity contribution in [3.05, 3.63) is 71.3 Å². The maximum absolute atomic E-state index is 12.7. The molecule has 0 radical (unpaired) electrons. The Bertz CT molecular complexity index is 1000. The van der Waals surface area contributed by atoms with E-state index in [0.29, 0.717) is 17.5 Å². The lowest BCUT2D eigenvalue weighted by molar-refractivity contribution is -0.137. The fourth-order valence-electron chi connectivity index (χ4n) is 3.75. The lowest BCUT2D eigenvalue weighted by atomic mass is 9.95. The van der Waals surface area contributed by atoms with Crippen LogP contribution in [-0.2, 0) is 14.3 Å². The van der Waals surface area contributed by atoms with E-state index in [1.54, 1.807) is 55.6 Å². The minimum absolute atomic E-state index is 0. The number of carbonyl (C=O) groups excluding carboxylic acids is 2. The Labute approximate surface area is 197 Å². The first-order valence-electron chi connectivity index (χ1n) is 10.2. The van der Waals surface area contributed by atoms with Gasteiger partial charge in [0.05, 0.1) is 24.9 Å². The predicted octanol–water partition coefficient (Wildman–Crippen LogP) is 3.00. The van der Waals surface area contributed by atoms with Crippen molar-refractivity contribution in [3.63, 3.8) is 0 Å². The molecule has 1 aliphatic heterocycles. The predicted molar refractivity (Wildman–Crippen MR) is 124 cm³/mol. The third kappa shape index (κ3) is 6.69. The van der Waals surface area contributed by atoms with Gasteiger partial charge in [-0.15, -0.1) is 12.4 Å². The molecule has 0 unspecified atom stereocenters. The van der Waals surface area contributed by atoms with E-state index < -0.39 is 30.1 Å². The van der Waals surface area contributed by atoms with Gasteiger partial charge in [-0.1, -0.05) is 54.6 Å². The van der Waals surface area contributed by atoms with Gasteiger partial charge in [0, 0.05) is 19.0 Å². The highest BCUT2D eigenvalue weighted by Gasteiger charge is 2.35. The first-order chi connectivity index (χ1) is 15.2. The highest BCUT2D eigenvalue weighted by atomic mass is 35.5. The molecule has 0 saturated carbocycles. The van der Waals surface area contributed by atoms with Crippen molar-refractivity contribution in [2.24, 2.45) is 5.73 Å². The Morgan fingerprint density at radius 3 is 2.42 bits per heavy atom. The van der Waals surface area contributed by atoms with E-state index in [1.165, 1.54) is 4.90 Å². The molecular formula is C23H27ClN4O5. The molecular weight excluding hydrogens is 448 g/mol. The summed E-state index contributed by atoms with van der Waals surface area (Å²) in [4.78, 5) is 37.8. The second-order valence-corrected chi connectivity index (χ2v) is 7.74. The zero-order chi connectivity index (χ0) is 23.3. The second kappa shape index (κ2) is 11.3. The molecule has 1 heterocycles. The topological polar surface area (TPSA) is 146 Å². The van der Waals surface area contributed by atoms with Crippen LogP contribution in [0.1, 0.15) is 48.0 Å². The van der Waals surface area contributed by atoms with Crippen LogP contribution in [0.5, 0.6) is 0 Å². The van der Waals surface area contributed by atoms with Crippen molar-refractivity contribution in [3.8, 4) is 0 Å². The molecule has 1 saturated heterocycles. The van der Waals surface area contributed by atoms with Crippen LogP contribution < -0.4 is 11.1 Å². The summed E-state index contributed by atoms with van der Waals surface area (Å²) in [6.07, 6.45) is -1.14. The standard InChI is InChI=1S/C23H26N4O5.ClH/c1-27-19(15-7-9-16(10-8-15)22(24)25)11-17(32-23(27)31)12-20(28)26-18(13-21(29)30)14-5-3-2-4-6-14;/h2-10,17-19H,11-13H2,1H3,(H3,24,25)(H,26,28)(H,29,30);1H/t17-,18+,19+;/m1./s1. The number of carboxylic acids is 1. The Balaban J connectivity index is 0.00000385. The van der Waals surface area contributed by atoms with Crippen molar-refractivity contribution < 1.29 is 24.2 Å². The first kappa shape index (κ1) is 25.7. The SMILES string of the molecule is CN1C(=O)O[C@@H](CC(=O)N[C@@H](CC(=O)O)c2ccccc2)C[C@H]1c1ccc(C(=N)N)cc1.Cl. The van der Waals surface area contributed by atoms with E-state index in [-0.39, 0.29) is 37.1 Å². The number of benzene rings is 2. The molecule has 3 rings (SSSR count). The van der Waals surface area contributed by atoms with E-state index in [4.69, 9.17) is 15.9 Å². The highest BCUT2D eigenvalue weighted by molar-refractivity contribution is 5.94. The van der Waals surface area contributed by atoms with Crippen LogP contribution >= 0.6 is 12.4 Å². The Hall–Kier alpha value is -3.59. The zero-order valence-electron chi connectivity index (χ0n) is 18.1. The van der Waals surface area contributed by atoms with Gasteiger partial charge in [-0.3, -0.25) is 15.0 Å². The van der Waals surface area contributed by atoms with Crippen molar-refractivity contribution in [2.75, 3.05) is 7.05 Å². The molecule has 3 atom stereocenters. The molecule has 0 aromatic heterocycles. The number of hydrogen-bond donors (Lipinski definition) is 4. The summed E-state index contributed by atoms with van der Waals surface area (Å²) >= 11 is 0. The monoisotopic (exact) mass is 474 g/mol. The molecule has 10 heteroatoms. The number of carbonyl (C=O) groups is 3. The summed E-state index contributed by atoms with van der Waals surface area (Å²) in [5, 5.41) is 19.5. The summed E-state index contributed by atoms with van der Waals surface area (Å²) in [6, 6.07) is 14.9. The molecule has 1 fully saturated rings. The Kier molecular flexibility index (Phi) is 8.81. The van der Waals surface area contributed by atoms with Gasteiger partial charge >= 0.3 is 12.1 Å². The van der Waals surface area contributed by atoms with Crippen LogP contribution in [0, 0.1) is 5.41 Å². The number of nitrogen functional groups attached to an aromatic ring is 1. The van der Waals surface area contributed by atoms with Gasteiger partial charge < -0.3 is 25.8 Å². The van der Waals surface area contributed by atoms with Gasteiger partial charge in [0.15, 0.2) is 0 Å². The zero-order valence-corrected chi connectivity index (χ0v) is 18.9. The number of ether oxygens (including phenoxy) is 1. The lowest BCUT2D eigenvalue weighted by Gasteiger charge is -2.37. The lowest BCUT2D eigenvalue weighted by Crippen LogP contribution is -2.44. The maximum atomic E-state index is 12.7. The summed E-state index contributed by atoms with van der Waals surface area (Å²) < 4.78 is 5.41. The Morgan fingerprint density at radius 2 is 1.85 bits per heavy atom. The van der Waals surface area contributed by atoms with Crippen molar-refractivity contribution in [2.45, 2.75) is 37.5 Å². The number of halogens is 1. The Morgan fingerprint density at radius 1 is 1.21 bits per heavy atom. The number of nitrogens with one attached hydrogen (secondary N) is 2. The van der Waals surface area contributed by atoms with Gasteiger partial charge in [0.2, 0.25) is 5.91 Å². The third-order valence-corrected chi connectivity index (χ3v) is 5.44. The van der Waals surface area contributed by atoms with E-state index in [0.717, 1.165) is 5.56 Å². The highest BCUT2D eigenvalue weighted by Crippen LogP contribution is 2.32. The quantitative estimate of drug-likeness (QED) is 0.341. The molecule has 5 N–H and O–H groups in total. The second-order valence-electron chi connectivity index (χ2n) is 7.74. The van der Waals surface area contributed by atoms with E-state index >= 15 is 0 Å². The van der Waals surface area contributed by atoms with Gasteiger partial charge in [0.1, 0.15) is 11.9 Å². The number of cyclic esters (lactones) is 1. The van der Waals surface area contributed by atoms with E-state index in [1.807, 2.05) is 6.07 Å². The number of amides is 2. The number of rotatable bonds is 8. The molecule has 2 aromatic carbocycles. The van der Waals surface area contributed by atoms with E-state index in [2.05, 4.69) is 5.32 Å². The van der Waals surface area contributed by atoms with Crippen LogP contribution in [0.3, 0.4) is 0 Å². The van der Waals surface area contributed by atoms with E-state index in [9.17, 15) is 19.5 Å². The molecule has 176 valence electrons. The molecule has 0 bridgehead atoms. The number of nitrogens with two attached hydrogens (primary N) is 1. The van der Waals surface area contributed by atoms with Crippen molar-refractivity contribution in [1.29, 1.82) is 5.41 Å². The van der Waals surface area contributed by atoms with Crippen LogP contribution in [0.25, 0.3) is 0 Å². The summed E-state index contributed by atoms with van der Waals surface area (Å²) in [6.45, 7) is 0. The number of nitrogens with zero attached hydrogens (tertiary/aromatic N) is 1. The third-order valence-electron chi connectivity index (χ3n) is 5.44. The average molecular weight is 475 g/mol. The van der Waals surface area contributed by atoms with Gasteiger partial charge in [0.25, 0.3) is 0 Å². The average Bonchev–Trinajstić information content (AvgIpc) is 2.76. The van der Waals surface area contributed by atoms with Crippen LogP contribution in [-0.4, -0.2) is 47.0 Å². The fourth-order valence-corrected chi connectivity index (χ4v) is 3.75. The van der Waals surface area contributed by atoms with Crippen LogP contribution in [0.4, 0.5) is 4.79 Å². The number of aliphatic carboxylic acids is 1.